The molecular formula is C18H20ClNO2. The number of aryl methyl sites for hydroxylation is 1. The SMILES string of the molecule is OCCCc1c(OCCCCl)ccc2c1[nH]c1ccccc12. The molecule has 0 unspecified atom stereocenters. The number of rotatable bonds is 7. The molecule has 3 rings (SSSR count). The van der Waals surface area contributed by atoms with Crippen LogP contribution < -0.4 is 4.74 Å². The summed E-state index contributed by atoms with van der Waals surface area (Å²) in [6.07, 6.45) is 2.34. The average molecular weight is 318 g/mol. The summed E-state index contributed by atoms with van der Waals surface area (Å²) in [4.78, 5) is 3.50. The number of fused-ring (bicyclic) bond motifs is 3. The van der Waals surface area contributed by atoms with E-state index in [-0.39, 0.29) is 6.61 Å². The van der Waals surface area contributed by atoms with E-state index in [2.05, 4.69) is 23.2 Å². The molecule has 0 fully saturated rings. The first-order valence-corrected chi connectivity index (χ1v) is 8.20. The molecule has 116 valence electrons. The third-order valence-corrected chi connectivity index (χ3v) is 4.13. The van der Waals surface area contributed by atoms with Crippen LogP contribution in [0.15, 0.2) is 36.4 Å². The quantitative estimate of drug-likeness (QED) is 0.505. The second kappa shape index (κ2) is 7.03. The van der Waals surface area contributed by atoms with E-state index < -0.39 is 0 Å². The molecule has 4 heteroatoms. The van der Waals surface area contributed by atoms with E-state index >= 15 is 0 Å². The molecule has 1 heterocycles. The number of benzene rings is 2. The lowest BCUT2D eigenvalue weighted by atomic mass is 10.0. The van der Waals surface area contributed by atoms with Crippen LogP contribution in [0, 0.1) is 0 Å². The molecule has 0 aliphatic heterocycles. The summed E-state index contributed by atoms with van der Waals surface area (Å²) in [7, 11) is 0. The highest BCUT2D eigenvalue weighted by atomic mass is 35.5. The molecule has 22 heavy (non-hydrogen) atoms. The van der Waals surface area contributed by atoms with Crippen LogP contribution in [0.3, 0.4) is 0 Å². The number of ether oxygens (including phenoxy) is 1. The van der Waals surface area contributed by atoms with E-state index in [4.69, 9.17) is 16.3 Å². The molecule has 0 saturated heterocycles. The van der Waals surface area contributed by atoms with Gasteiger partial charge < -0.3 is 14.8 Å². The van der Waals surface area contributed by atoms with Gasteiger partial charge in [-0.2, -0.15) is 0 Å². The molecule has 0 radical (unpaired) electrons. The molecule has 0 bridgehead atoms. The fraction of sp³-hybridized carbons (Fsp3) is 0.333. The lowest BCUT2D eigenvalue weighted by Crippen LogP contribution is -2.02. The fourth-order valence-corrected chi connectivity index (χ4v) is 2.94. The van der Waals surface area contributed by atoms with Gasteiger partial charge in [0, 0.05) is 34.3 Å². The number of aromatic amines is 1. The lowest BCUT2D eigenvalue weighted by Gasteiger charge is -2.12. The number of aromatic nitrogens is 1. The highest BCUT2D eigenvalue weighted by Gasteiger charge is 2.13. The van der Waals surface area contributed by atoms with Crippen molar-refractivity contribution in [2.75, 3.05) is 19.1 Å². The first kappa shape index (κ1) is 15.2. The summed E-state index contributed by atoms with van der Waals surface area (Å²) in [6, 6.07) is 12.4. The molecule has 3 nitrogen and oxygen atoms in total. The zero-order valence-electron chi connectivity index (χ0n) is 12.4. The number of para-hydroxylation sites is 1. The zero-order valence-corrected chi connectivity index (χ0v) is 13.2. The van der Waals surface area contributed by atoms with Crippen molar-refractivity contribution >= 4 is 33.4 Å². The summed E-state index contributed by atoms with van der Waals surface area (Å²) in [5.41, 5.74) is 3.37. The van der Waals surface area contributed by atoms with Gasteiger partial charge in [0.2, 0.25) is 0 Å². The van der Waals surface area contributed by atoms with Gasteiger partial charge in [-0.3, -0.25) is 0 Å². The normalized spacial score (nSPS) is 11.4. The monoisotopic (exact) mass is 317 g/mol. The lowest BCUT2D eigenvalue weighted by molar-refractivity contribution is 0.285. The molecule has 3 aromatic rings. The Labute approximate surface area is 134 Å². The minimum atomic E-state index is 0.178. The van der Waals surface area contributed by atoms with Crippen molar-refractivity contribution in [2.24, 2.45) is 0 Å². The summed E-state index contributed by atoms with van der Waals surface area (Å²) >= 11 is 5.72. The van der Waals surface area contributed by atoms with E-state index in [1.54, 1.807) is 0 Å². The second-order valence-corrected chi connectivity index (χ2v) is 5.73. The number of hydrogen-bond donors (Lipinski definition) is 2. The van der Waals surface area contributed by atoms with Crippen molar-refractivity contribution in [1.29, 1.82) is 0 Å². The third kappa shape index (κ3) is 2.92. The van der Waals surface area contributed by atoms with E-state index in [9.17, 15) is 5.11 Å². The van der Waals surface area contributed by atoms with Gasteiger partial charge in [0.15, 0.2) is 0 Å². The van der Waals surface area contributed by atoms with Crippen molar-refractivity contribution in [3.8, 4) is 5.75 Å². The van der Waals surface area contributed by atoms with Crippen LogP contribution in [-0.4, -0.2) is 29.2 Å². The van der Waals surface area contributed by atoms with Crippen LogP contribution in [0.4, 0.5) is 0 Å². The smallest absolute Gasteiger partial charge is 0.124 e. The van der Waals surface area contributed by atoms with Gasteiger partial charge in [-0.25, -0.2) is 0 Å². The Morgan fingerprint density at radius 3 is 2.73 bits per heavy atom. The third-order valence-electron chi connectivity index (χ3n) is 3.87. The molecule has 0 aliphatic carbocycles. The van der Waals surface area contributed by atoms with Gasteiger partial charge >= 0.3 is 0 Å². The fourth-order valence-electron chi connectivity index (χ4n) is 2.83. The van der Waals surface area contributed by atoms with Crippen LogP contribution >= 0.6 is 11.6 Å². The molecule has 0 spiro atoms. The maximum Gasteiger partial charge on any atom is 0.124 e. The Hall–Kier alpha value is -1.71. The molecular weight excluding hydrogens is 298 g/mol. The number of hydrogen-bond acceptors (Lipinski definition) is 2. The Morgan fingerprint density at radius 2 is 1.91 bits per heavy atom. The van der Waals surface area contributed by atoms with Crippen LogP contribution in [-0.2, 0) is 6.42 Å². The maximum absolute atomic E-state index is 9.18. The number of aliphatic hydroxyl groups is 1. The van der Waals surface area contributed by atoms with Gasteiger partial charge in [-0.1, -0.05) is 18.2 Å². The van der Waals surface area contributed by atoms with Gasteiger partial charge in [0.1, 0.15) is 5.75 Å². The number of H-pyrrole nitrogens is 1. The Bertz CT molecular complexity index is 766. The van der Waals surface area contributed by atoms with Crippen LogP contribution in [0.2, 0.25) is 0 Å². The highest BCUT2D eigenvalue weighted by molar-refractivity contribution is 6.17. The predicted octanol–water partition coefficient (Wildman–Crippen LogP) is 4.25. The first-order valence-electron chi connectivity index (χ1n) is 7.67. The molecule has 0 aliphatic rings. The summed E-state index contributed by atoms with van der Waals surface area (Å²) in [5, 5.41) is 11.6. The Balaban J connectivity index is 2.08. The minimum absolute atomic E-state index is 0.178. The van der Waals surface area contributed by atoms with Crippen molar-refractivity contribution in [2.45, 2.75) is 19.3 Å². The molecule has 0 atom stereocenters. The van der Waals surface area contributed by atoms with Crippen LogP contribution in [0.5, 0.6) is 5.75 Å². The molecule has 1 aromatic heterocycles. The van der Waals surface area contributed by atoms with Crippen molar-refractivity contribution < 1.29 is 9.84 Å². The summed E-state index contributed by atoms with van der Waals surface area (Å²) in [6.45, 7) is 0.791. The number of halogens is 1. The molecule has 2 aromatic carbocycles. The Kier molecular flexibility index (Phi) is 4.86. The highest BCUT2D eigenvalue weighted by Crippen LogP contribution is 2.33. The molecule has 2 N–H and O–H groups in total. The second-order valence-electron chi connectivity index (χ2n) is 5.35. The topological polar surface area (TPSA) is 45.2 Å². The van der Waals surface area contributed by atoms with Crippen LogP contribution in [0.25, 0.3) is 21.8 Å². The number of nitrogens with one attached hydrogen (secondary N) is 1. The van der Waals surface area contributed by atoms with Gasteiger partial charge in [-0.05, 0) is 37.5 Å². The van der Waals surface area contributed by atoms with Crippen molar-refractivity contribution in [1.82, 2.24) is 4.98 Å². The van der Waals surface area contributed by atoms with Crippen molar-refractivity contribution in [3.05, 3.63) is 42.0 Å². The van der Waals surface area contributed by atoms with E-state index in [1.807, 2.05) is 18.2 Å². The molecule has 0 saturated carbocycles. The number of aliphatic hydroxyl groups excluding tert-OH is 1. The van der Waals surface area contributed by atoms with Crippen molar-refractivity contribution in [3.63, 3.8) is 0 Å². The van der Waals surface area contributed by atoms with Gasteiger partial charge in [0.25, 0.3) is 0 Å². The average Bonchev–Trinajstić information content (AvgIpc) is 2.92. The van der Waals surface area contributed by atoms with Gasteiger partial charge in [0.05, 0.1) is 12.1 Å². The van der Waals surface area contributed by atoms with Gasteiger partial charge in [-0.15, -0.1) is 11.6 Å². The van der Waals surface area contributed by atoms with E-state index in [1.165, 1.54) is 10.8 Å². The summed E-state index contributed by atoms with van der Waals surface area (Å²) in [5.74, 6) is 1.48. The maximum atomic E-state index is 9.18. The first-order chi connectivity index (χ1) is 10.8. The standard InChI is InChI=1S/C18H20ClNO2/c19-10-4-12-22-17-9-8-14-13-5-1-2-7-16(13)20-18(14)15(17)6-3-11-21/h1-2,5,7-9,20-21H,3-4,6,10-12H2. The zero-order chi connectivity index (χ0) is 15.4. The minimum Gasteiger partial charge on any atom is -0.493 e. The van der Waals surface area contributed by atoms with E-state index in [0.29, 0.717) is 12.5 Å². The summed E-state index contributed by atoms with van der Waals surface area (Å²) < 4.78 is 5.89. The van der Waals surface area contributed by atoms with Crippen LogP contribution in [0.1, 0.15) is 18.4 Å². The predicted molar refractivity (Wildman–Crippen MR) is 92.0 cm³/mol. The Morgan fingerprint density at radius 1 is 1.05 bits per heavy atom. The number of alkyl halides is 1. The largest absolute Gasteiger partial charge is 0.493 e. The molecule has 0 amide bonds. The van der Waals surface area contributed by atoms with E-state index in [0.717, 1.165) is 41.6 Å².